The van der Waals surface area contributed by atoms with Crippen molar-refractivity contribution in [3.63, 3.8) is 0 Å². The second kappa shape index (κ2) is 9.98. The number of ether oxygens (including phenoxy) is 2. The molecule has 1 saturated heterocycles. The summed E-state index contributed by atoms with van der Waals surface area (Å²) in [5.74, 6) is 1.49. The van der Waals surface area contributed by atoms with Crippen molar-refractivity contribution < 1.29 is 19.1 Å². The van der Waals surface area contributed by atoms with E-state index in [-0.39, 0.29) is 37.1 Å². The summed E-state index contributed by atoms with van der Waals surface area (Å²) in [6.07, 6.45) is 1.32. The van der Waals surface area contributed by atoms with E-state index >= 15 is 0 Å². The fourth-order valence-electron chi connectivity index (χ4n) is 3.78. The van der Waals surface area contributed by atoms with Gasteiger partial charge in [-0.3, -0.25) is 9.59 Å². The number of halogens is 1. The maximum Gasteiger partial charge on any atom is 0.223 e. The summed E-state index contributed by atoms with van der Waals surface area (Å²) in [7, 11) is 3.23. The van der Waals surface area contributed by atoms with Crippen molar-refractivity contribution in [2.24, 2.45) is 0 Å². The van der Waals surface area contributed by atoms with Crippen molar-refractivity contribution >= 4 is 24.2 Å². The molecule has 7 nitrogen and oxygen atoms in total. The van der Waals surface area contributed by atoms with Crippen LogP contribution in [0.1, 0.15) is 30.9 Å². The van der Waals surface area contributed by atoms with Crippen molar-refractivity contribution in [2.75, 3.05) is 40.4 Å². The lowest BCUT2D eigenvalue weighted by atomic mass is 9.98. The number of rotatable bonds is 5. The molecule has 3 rings (SSSR count). The Bertz CT molecular complexity index is 713. The highest BCUT2D eigenvalue weighted by Crippen LogP contribution is 2.33. The van der Waals surface area contributed by atoms with Crippen LogP contribution in [0.25, 0.3) is 0 Å². The molecule has 2 heterocycles. The van der Waals surface area contributed by atoms with Gasteiger partial charge in [0.1, 0.15) is 0 Å². The number of carbonyl (C=O) groups is 2. The third-order valence-corrected chi connectivity index (χ3v) is 5.34. The highest BCUT2D eigenvalue weighted by atomic mass is 35.5. The molecule has 156 valence electrons. The fraction of sp³-hybridized carbons (Fsp3) is 0.600. The first kappa shape index (κ1) is 22.3. The Morgan fingerprint density at radius 1 is 1.04 bits per heavy atom. The number of piperazine rings is 1. The fourth-order valence-corrected chi connectivity index (χ4v) is 3.78. The summed E-state index contributed by atoms with van der Waals surface area (Å²) < 4.78 is 10.7. The molecule has 0 unspecified atom stereocenters. The predicted octanol–water partition coefficient (Wildman–Crippen LogP) is 1.61. The van der Waals surface area contributed by atoms with Crippen molar-refractivity contribution in [3.8, 4) is 11.5 Å². The molecule has 1 aromatic carbocycles. The SMILES string of the molecule is COc1cc2c(cc1OC)CN(C(=O)CCC(=O)N1CCN[C@H](C)C1)CC2.Cl. The van der Waals surface area contributed by atoms with Crippen LogP contribution in [0, 0.1) is 0 Å². The minimum atomic E-state index is 0. The predicted molar refractivity (Wildman–Crippen MR) is 109 cm³/mol. The molecule has 0 radical (unpaired) electrons. The van der Waals surface area contributed by atoms with E-state index in [9.17, 15) is 9.59 Å². The Kier molecular flexibility index (Phi) is 7.95. The van der Waals surface area contributed by atoms with Crippen LogP contribution in [-0.2, 0) is 22.6 Å². The zero-order valence-electron chi connectivity index (χ0n) is 16.8. The standard InChI is InChI=1S/C20H29N3O4.ClH/c1-14-12-23(9-7-21-14)20(25)5-4-19(24)22-8-6-15-10-17(26-2)18(27-3)11-16(15)13-22;/h10-11,14,21H,4-9,12-13H2,1-3H3;1H/t14-;/m1./s1. The number of hydrogen-bond donors (Lipinski definition) is 1. The van der Waals surface area contributed by atoms with Gasteiger partial charge in [0.15, 0.2) is 11.5 Å². The average Bonchev–Trinajstić information content (AvgIpc) is 2.70. The number of hydrogen-bond acceptors (Lipinski definition) is 5. The van der Waals surface area contributed by atoms with Crippen LogP contribution in [0.2, 0.25) is 0 Å². The Morgan fingerprint density at radius 2 is 1.64 bits per heavy atom. The third-order valence-electron chi connectivity index (χ3n) is 5.34. The molecule has 2 aliphatic rings. The highest BCUT2D eigenvalue weighted by Gasteiger charge is 2.25. The first-order valence-electron chi connectivity index (χ1n) is 9.54. The van der Waals surface area contributed by atoms with Gasteiger partial charge < -0.3 is 24.6 Å². The van der Waals surface area contributed by atoms with E-state index in [0.717, 1.165) is 25.1 Å². The molecule has 0 bridgehead atoms. The normalized spacial score (nSPS) is 18.8. The number of methoxy groups -OCH3 is 2. The van der Waals surface area contributed by atoms with E-state index in [1.165, 1.54) is 5.56 Å². The van der Waals surface area contributed by atoms with Gasteiger partial charge in [0.05, 0.1) is 14.2 Å². The molecule has 28 heavy (non-hydrogen) atoms. The van der Waals surface area contributed by atoms with Gasteiger partial charge in [0.25, 0.3) is 0 Å². The Labute approximate surface area is 172 Å². The van der Waals surface area contributed by atoms with Crippen LogP contribution < -0.4 is 14.8 Å². The Hall–Kier alpha value is -1.99. The molecule has 1 atom stereocenters. The second-order valence-corrected chi connectivity index (χ2v) is 7.24. The molecule has 0 spiro atoms. The van der Waals surface area contributed by atoms with Crippen LogP contribution in [0.4, 0.5) is 0 Å². The van der Waals surface area contributed by atoms with Crippen molar-refractivity contribution in [1.82, 2.24) is 15.1 Å². The van der Waals surface area contributed by atoms with Crippen molar-refractivity contribution in [2.45, 2.75) is 38.8 Å². The molecular weight excluding hydrogens is 382 g/mol. The van der Waals surface area contributed by atoms with Crippen LogP contribution >= 0.6 is 12.4 Å². The zero-order chi connectivity index (χ0) is 19.4. The first-order chi connectivity index (χ1) is 13.0. The van der Waals surface area contributed by atoms with Crippen LogP contribution in [0.3, 0.4) is 0 Å². The number of carbonyl (C=O) groups excluding carboxylic acids is 2. The summed E-state index contributed by atoms with van der Waals surface area (Å²) in [6, 6.07) is 4.25. The van der Waals surface area contributed by atoms with E-state index < -0.39 is 0 Å². The number of fused-ring (bicyclic) bond motifs is 1. The van der Waals surface area contributed by atoms with Gasteiger partial charge in [-0.1, -0.05) is 0 Å². The smallest absolute Gasteiger partial charge is 0.223 e. The number of nitrogens with one attached hydrogen (secondary N) is 1. The zero-order valence-corrected chi connectivity index (χ0v) is 17.6. The van der Waals surface area contributed by atoms with Gasteiger partial charge in [0, 0.05) is 51.6 Å². The first-order valence-corrected chi connectivity index (χ1v) is 9.54. The third kappa shape index (κ3) is 5.08. The van der Waals surface area contributed by atoms with Gasteiger partial charge in [-0.05, 0) is 36.6 Å². The van der Waals surface area contributed by atoms with Gasteiger partial charge in [-0.25, -0.2) is 0 Å². The summed E-state index contributed by atoms with van der Waals surface area (Å²) in [5.41, 5.74) is 2.26. The van der Waals surface area contributed by atoms with Crippen LogP contribution in [0.15, 0.2) is 12.1 Å². The molecule has 0 aliphatic carbocycles. The lowest BCUT2D eigenvalue weighted by molar-refractivity contribution is -0.138. The van der Waals surface area contributed by atoms with Crippen molar-refractivity contribution in [1.29, 1.82) is 0 Å². The molecule has 0 aromatic heterocycles. The minimum absolute atomic E-state index is 0. The van der Waals surface area contributed by atoms with Crippen LogP contribution in [0.5, 0.6) is 11.5 Å². The number of nitrogens with zero attached hydrogens (tertiary/aromatic N) is 2. The van der Waals surface area contributed by atoms with Gasteiger partial charge >= 0.3 is 0 Å². The summed E-state index contributed by atoms with van der Waals surface area (Å²) in [5, 5.41) is 3.32. The molecule has 8 heteroatoms. The van der Waals surface area contributed by atoms with E-state index in [0.29, 0.717) is 37.2 Å². The molecular formula is C20H30ClN3O4. The largest absolute Gasteiger partial charge is 0.493 e. The molecule has 0 saturated carbocycles. The molecule has 2 amide bonds. The lowest BCUT2D eigenvalue weighted by Gasteiger charge is -2.32. The van der Waals surface area contributed by atoms with Gasteiger partial charge in [0.2, 0.25) is 11.8 Å². The van der Waals surface area contributed by atoms with E-state index in [1.807, 2.05) is 21.9 Å². The summed E-state index contributed by atoms with van der Waals surface area (Å²) >= 11 is 0. The molecule has 2 aliphatic heterocycles. The summed E-state index contributed by atoms with van der Waals surface area (Å²) in [6.45, 7) is 5.53. The van der Waals surface area contributed by atoms with E-state index in [2.05, 4.69) is 12.2 Å². The maximum absolute atomic E-state index is 12.6. The molecule has 1 N–H and O–H groups in total. The Balaban J connectivity index is 0.00000280. The topological polar surface area (TPSA) is 71.1 Å². The van der Waals surface area contributed by atoms with E-state index in [1.54, 1.807) is 14.2 Å². The quantitative estimate of drug-likeness (QED) is 0.797. The second-order valence-electron chi connectivity index (χ2n) is 7.24. The van der Waals surface area contributed by atoms with Crippen molar-refractivity contribution in [3.05, 3.63) is 23.3 Å². The molecule has 1 aromatic rings. The lowest BCUT2D eigenvalue weighted by Crippen LogP contribution is -2.51. The maximum atomic E-state index is 12.6. The van der Waals surface area contributed by atoms with Crippen LogP contribution in [-0.4, -0.2) is 68.1 Å². The van der Waals surface area contributed by atoms with E-state index in [4.69, 9.17) is 9.47 Å². The summed E-state index contributed by atoms with van der Waals surface area (Å²) in [4.78, 5) is 28.7. The Morgan fingerprint density at radius 3 is 2.25 bits per heavy atom. The number of benzene rings is 1. The average molecular weight is 412 g/mol. The molecule has 1 fully saturated rings. The van der Waals surface area contributed by atoms with Gasteiger partial charge in [-0.2, -0.15) is 0 Å². The monoisotopic (exact) mass is 411 g/mol. The highest BCUT2D eigenvalue weighted by molar-refractivity contribution is 5.85. The minimum Gasteiger partial charge on any atom is -0.493 e. The van der Waals surface area contributed by atoms with Gasteiger partial charge in [-0.15, -0.1) is 12.4 Å². The number of amides is 2.